The largest absolute Gasteiger partial charge is 0.307 e. The molecule has 3 rings (SSSR count). The van der Waals surface area contributed by atoms with Gasteiger partial charge in [0.05, 0.1) is 3.79 Å². The number of hydrogen-bond donors (Lipinski definition) is 1. The van der Waals surface area contributed by atoms with Gasteiger partial charge in [-0.05, 0) is 65.6 Å². The number of aryl methyl sites for hydroxylation is 1. The second kappa shape index (κ2) is 5.02. The Balaban J connectivity index is 1.65. The molecule has 1 nitrogen and oxygen atoms in total. The van der Waals surface area contributed by atoms with Crippen LogP contribution in [0.1, 0.15) is 55.5 Å². The lowest BCUT2D eigenvalue weighted by Crippen LogP contribution is -2.27. The van der Waals surface area contributed by atoms with E-state index in [1.165, 1.54) is 42.3 Å². The summed E-state index contributed by atoms with van der Waals surface area (Å²) in [6.07, 6.45) is 8.11. The van der Waals surface area contributed by atoms with E-state index in [4.69, 9.17) is 0 Å². The van der Waals surface area contributed by atoms with Crippen molar-refractivity contribution in [3.8, 4) is 0 Å². The third-order valence-electron chi connectivity index (χ3n) is 4.08. The Kier molecular flexibility index (Phi) is 3.60. The van der Waals surface area contributed by atoms with E-state index in [2.05, 4.69) is 34.2 Å². The van der Waals surface area contributed by atoms with Crippen LogP contribution in [0.25, 0.3) is 0 Å². The van der Waals surface area contributed by atoms with Crippen LogP contribution in [0.5, 0.6) is 0 Å². The highest BCUT2D eigenvalue weighted by molar-refractivity contribution is 9.11. The Bertz CT molecular complexity index is 401. The maximum Gasteiger partial charge on any atom is 0.0704 e. The lowest BCUT2D eigenvalue weighted by Gasteiger charge is -2.24. The summed E-state index contributed by atoms with van der Waals surface area (Å²) in [5, 5.41) is 3.88. The molecule has 2 aliphatic rings. The Hall–Kier alpha value is 0.140. The number of hydrogen-bond acceptors (Lipinski definition) is 2. The first kappa shape index (κ1) is 12.2. The molecule has 17 heavy (non-hydrogen) atoms. The van der Waals surface area contributed by atoms with Crippen LogP contribution in [0, 0.1) is 5.92 Å². The zero-order chi connectivity index (χ0) is 11.8. The number of nitrogens with one attached hydrogen (secondary N) is 1. The van der Waals surface area contributed by atoms with E-state index >= 15 is 0 Å². The predicted molar refractivity (Wildman–Crippen MR) is 77.6 cm³/mol. The molecule has 0 aromatic carbocycles. The average Bonchev–Trinajstić information content (AvgIpc) is 2.88. The Labute approximate surface area is 116 Å². The smallest absolute Gasteiger partial charge is 0.0704 e. The molecule has 1 aromatic rings. The van der Waals surface area contributed by atoms with Gasteiger partial charge in [-0.15, -0.1) is 11.3 Å². The standard InChI is InChI=1S/C14H20BrNS/c1-2-4-9-7-12(9)16-11-5-3-6-13-10(11)8-14(15)17-13/h8-9,11-12,16H,2-7H2,1H3. The topological polar surface area (TPSA) is 12.0 Å². The monoisotopic (exact) mass is 313 g/mol. The quantitative estimate of drug-likeness (QED) is 0.852. The number of thiophene rings is 1. The highest BCUT2D eigenvalue weighted by Crippen LogP contribution is 2.42. The fourth-order valence-corrected chi connectivity index (χ4v) is 4.91. The second-order valence-electron chi connectivity index (χ2n) is 5.43. The molecule has 1 saturated carbocycles. The third-order valence-corrected chi connectivity index (χ3v) is 5.79. The van der Waals surface area contributed by atoms with Gasteiger partial charge in [0.15, 0.2) is 0 Å². The van der Waals surface area contributed by atoms with E-state index in [1.54, 1.807) is 10.4 Å². The molecule has 3 atom stereocenters. The fourth-order valence-electron chi connectivity index (χ4n) is 3.09. The molecule has 3 unspecified atom stereocenters. The van der Waals surface area contributed by atoms with Gasteiger partial charge in [0, 0.05) is 17.0 Å². The summed E-state index contributed by atoms with van der Waals surface area (Å²) >= 11 is 5.56. The molecule has 1 fully saturated rings. The summed E-state index contributed by atoms with van der Waals surface area (Å²) in [5.41, 5.74) is 1.58. The second-order valence-corrected chi connectivity index (χ2v) is 7.95. The van der Waals surface area contributed by atoms with E-state index in [0.717, 1.165) is 12.0 Å². The minimum Gasteiger partial charge on any atom is -0.307 e. The van der Waals surface area contributed by atoms with Crippen molar-refractivity contribution >= 4 is 27.3 Å². The molecule has 2 aliphatic carbocycles. The highest BCUT2D eigenvalue weighted by Gasteiger charge is 2.38. The molecule has 94 valence electrons. The van der Waals surface area contributed by atoms with Crippen LogP contribution in [0.15, 0.2) is 9.85 Å². The summed E-state index contributed by atoms with van der Waals surface area (Å²) in [4.78, 5) is 1.60. The van der Waals surface area contributed by atoms with E-state index in [-0.39, 0.29) is 0 Å². The van der Waals surface area contributed by atoms with Crippen LogP contribution < -0.4 is 5.32 Å². The molecule has 1 aromatic heterocycles. The van der Waals surface area contributed by atoms with Crippen LogP contribution in [0.2, 0.25) is 0 Å². The lowest BCUT2D eigenvalue weighted by molar-refractivity contribution is 0.445. The molecule has 0 amide bonds. The predicted octanol–water partition coefficient (Wildman–Crippen LogP) is 4.67. The van der Waals surface area contributed by atoms with Gasteiger partial charge in [0.25, 0.3) is 0 Å². The normalized spacial score (nSPS) is 31.3. The fraction of sp³-hybridized carbons (Fsp3) is 0.714. The van der Waals surface area contributed by atoms with Gasteiger partial charge >= 0.3 is 0 Å². The Morgan fingerprint density at radius 1 is 1.53 bits per heavy atom. The van der Waals surface area contributed by atoms with Crippen LogP contribution in [-0.2, 0) is 6.42 Å². The van der Waals surface area contributed by atoms with Gasteiger partial charge < -0.3 is 5.32 Å². The zero-order valence-corrected chi connectivity index (χ0v) is 12.7. The van der Waals surface area contributed by atoms with Crippen LogP contribution >= 0.6 is 27.3 Å². The van der Waals surface area contributed by atoms with E-state index in [0.29, 0.717) is 6.04 Å². The van der Waals surface area contributed by atoms with Crippen LogP contribution in [0.3, 0.4) is 0 Å². The maximum atomic E-state index is 3.88. The van der Waals surface area contributed by atoms with Crippen molar-refractivity contribution in [2.75, 3.05) is 0 Å². The van der Waals surface area contributed by atoms with Crippen LogP contribution in [0.4, 0.5) is 0 Å². The average molecular weight is 314 g/mol. The van der Waals surface area contributed by atoms with Gasteiger partial charge in [-0.1, -0.05) is 13.3 Å². The van der Waals surface area contributed by atoms with Gasteiger partial charge in [0.2, 0.25) is 0 Å². The van der Waals surface area contributed by atoms with Crippen molar-refractivity contribution in [1.29, 1.82) is 0 Å². The van der Waals surface area contributed by atoms with Gasteiger partial charge in [-0.2, -0.15) is 0 Å². The summed E-state index contributed by atoms with van der Waals surface area (Å²) in [5.74, 6) is 0.965. The molecule has 3 heteroatoms. The van der Waals surface area contributed by atoms with Crippen molar-refractivity contribution in [3.05, 3.63) is 20.3 Å². The van der Waals surface area contributed by atoms with Crippen LogP contribution in [-0.4, -0.2) is 6.04 Å². The molecule has 1 N–H and O–H groups in total. The Morgan fingerprint density at radius 2 is 2.41 bits per heavy atom. The molecular weight excluding hydrogens is 294 g/mol. The van der Waals surface area contributed by atoms with Gasteiger partial charge in [0.1, 0.15) is 0 Å². The lowest BCUT2D eigenvalue weighted by atomic mass is 9.94. The molecule has 0 radical (unpaired) electrons. The van der Waals surface area contributed by atoms with E-state index in [1.807, 2.05) is 11.3 Å². The third kappa shape index (κ3) is 2.61. The number of halogens is 1. The molecule has 0 saturated heterocycles. The molecule has 0 aliphatic heterocycles. The van der Waals surface area contributed by atoms with E-state index < -0.39 is 0 Å². The maximum absolute atomic E-state index is 3.88. The van der Waals surface area contributed by atoms with Crippen molar-refractivity contribution in [1.82, 2.24) is 5.32 Å². The molecule has 0 spiro atoms. The number of fused-ring (bicyclic) bond motifs is 1. The van der Waals surface area contributed by atoms with Crippen molar-refractivity contribution in [3.63, 3.8) is 0 Å². The van der Waals surface area contributed by atoms with Gasteiger partial charge in [-0.25, -0.2) is 0 Å². The van der Waals surface area contributed by atoms with Crippen molar-refractivity contribution in [2.24, 2.45) is 5.92 Å². The minimum absolute atomic E-state index is 0.633. The molecular formula is C14H20BrNS. The first-order valence-electron chi connectivity index (χ1n) is 6.82. The molecule has 1 heterocycles. The summed E-state index contributed by atoms with van der Waals surface area (Å²) in [6.45, 7) is 2.30. The summed E-state index contributed by atoms with van der Waals surface area (Å²) < 4.78 is 1.30. The minimum atomic E-state index is 0.633. The highest BCUT2D eigenvalue weighted by atomic mass is 79.9. The van der Waals surface area contributed by atoms with E-state index in [9.17, 15) is 0 Å². The molecule has 0 bridgehead atoms. The Morgan fingerprint density at radius 3 is 3.24 bits per heavy atom. The van der Waals surface area contributed by atoms with Crippen molar-refractivity contribution < 1.29 is 0 Å². The SMILES string of the molecule is CCCC1CC1NC1CCCc2sc(Br)cc21. The summed E-state index contributed by atoms with van der Waals surface area (Å²) in [7, 11) is 0. The first-order chi connectivity index (χ1) is 8.28. The summed E-state index contributed by atoms with van der Waals surface area (Å²) in [6, 6.07) is 3.78. The zero-order valence-electron chi connectivity index (χ0n) is 10.3. The van der Waals surface area contributed by atoms with Crippen molar-refractivity contribution in [2.45, 2.75) is 57.5 Å². The van der Waals surface area contributed by atoms with Gasteiger partial charge in [-0.3, -0.25) is 0 Å². The first-order valence-corrected chi connectivity index (χ1v) is 8.43. The number of rotatable bonds is 4.